The molecule has 0 saturated heterocycles. The van der Waals surface area contributed by atoms with Gasteiger partial charge >= 0.3 is 0 Å². The summed E-state index contributed by atoms with van der Waals surface area (Å²) >= 11 is 0. The number of benzene rings is 3. The molecule has 0 N–H and O–H groups in total. The molecule has 3 aromatic rings. The Bertz CT molecular complexity index is 689. The molecule has 0 heterocycles. The molecule has 0 atom stereocenters. The van der Waals surface area contributed by atoms with Crippen LogP contribution in [0.2, 0.25) is 0 Å². The van der Waals surface area contributed by atoms with Crippen LogP contribution >= 0.6 is 0 Å². The van der Waals surface area contributed by atoms with Gasteiger partial charge in [-0.05, 0) is 48.6 Å². The van der Waals surface area contributed by atoms with Crippen LogP contribution in [0.15, 0.2) is 84.9 Å². The van der Waals surface area contributed by atoms with Crippen molar-refractivity contribution in [2.24, 2.45) is 0 Å². The highest BCUT2D eigenvalue weighted by molar-refractivity contribution is 5.37. The molecule has 0 aliphatic heterocycles. The second-order valence-corrected chi connectivity index (χ2v) is 5.36. The highest BCUT2D eigenvalue weighted by Gasteiger charge is 2.04. The van der Waals surface area contributed by atoms with Gasteiger partial charge in [-0.25, -0.2) is 0 Å². The molecule has 22 heavy (non-hydrogen) atoms. The Hall–Kier alpha value is -2.54. The largest absolute Gasteiger partial charge is 0.457 e. The summed E-state index contributed by atoms with van der Waals surface area (Å²) in [7, 11) is 0. The average molecular weight is 288 g/mol. The second-order valence-electron chi connectivity index (χ2n) is 5.36. The van der Waals surface area contributed by atoms with Gasteiger partial charge in [0.1, 0.15) is 11.5 Å². The summed E-state index contributed by atoms with van der Waals surface area (Å²) in [6.45, 7) is 0. The van der Waals surface area contributed by atoms with Crippen LogP contribution in [0.4, 0.5) is 0 Å². The highest BCUT2D eigenvalue weighted by atomic mass is 16.5. The third-order valence-electron chi connectivity index (χ3n) is 3.70. The standard InChI is InChI=1S/C21H20O/c1-3-10-18(11-4-1)12-9-14-19-13-7-8-17-21(19)22-20-15-5-2-6-16-20/h1-8,10-11,13,15-17H,9,12,14H2. The Morgan fingerprint density at radius 1 is 0.591 bits per heavy atom. The zero-order valence-electron chi connectivity index (χ0n) is 12.6. The van der Waals surface area contributed by atoms with E-state index in [4.69, 9.17) is 4.74 Å². The molecule has 3 aromatic carbocycles. The predicted octanol–water partition coefficient (Wildman–Crippen LogP) is 5.65. The van der Waals surface area contributed by atoms with Crippen LogP contribution < -0.4 is 4.74 Å². The fourth-order valence-electron chi connectivity index (χ4n) is 2.55. The van der Waals surface area contributed by atoms with Crippen LogP contribution in [0.25, 0.3) is 0 Å². The molecule has 0 aromatic heterocycles. The summed E-state index contributed by atoms with van der Waals surface area (Å²) in [6.07, 6.45) is 3.25. The van der Waals surface area contributed by atoms with Crippen molar-refractivity contribution in [2.75, 3.05) is 0 Å². The molecule has 1 heteroatoms. The first kappa shape index (κ1) is 14.4. The lowest BCUT2D eigenvalue weighted by Crippen LogP contribution is -1.94. The third kappa shape index (κ3) is 3.98. The maximum atomic E-state index is 6.01. The topological polar surface area (TPSA) is 9.23 Å². The number of rotatable bonds is 6. The zero-order chi connectivity index (χ0) is 15.0. The van der Waals surface area contributed by atoms with Crippen molar-refractivity contribution in [3.63, 3.8) is 0 Å². The monoisotopic (exact) mass is 288 g/mol. The molecule has 0 aliphatic carbocycles. The second kappa shape index (κ2) is 7.46. The van der Waals surface area contributed by atoms with Gasteiger partial charge in [-0.2, -0.15) is 0 Å². The molecule has 0 unspecified atom stereocenters. The smallest absolute Gasteiger partial charge is 0.130 e. The summed E-state index contributed by atoms with van der Waals surface area (Å²) < 4.78 is 6.01. The molecule has 1 nitrogen and oxygen atoms in total. The molecule has 0 saturated carbocycles. The lowest BCUT2D eigenvalue weighted by molar-refractivity contribution is 0.475. The van der Waals surface area contributed by atoms with E-state index in [0.29, 0.717) is 0 Å². The number of hydrogen-bond acceptors (Lipinski definition) is 1. The molecule has 0 aliphatic rings. The predicted molar refractivity (Wildman–Crippen MR) is 91.4 cm³/mol. The van der Waals surface area contributed by atoms with E-state index in [1.807, 2.05) is 42.5 Å². The SMILES string of the molecule is c1ccc(CCCc2ccccc2Oc2ccccc2)cc1. The van der Waals surface area contributed by atoms with E-state index in [1.165, 1.54) is 11.1 Å². The molecule has 0 fully saturated rings. The van der Waals surface area contributed by atoms with Crippen molar-refractivity contribution in [1.29, 1.82) is 0 Å². The first-order valence-electron chi connectivity index (χ1n) is 7.76. The Labute approximate surface area is 132 Å². The number of aryl methyl sites for hydroxylation is 2. The summed E-state index contributed by atoms with van der Waals surface area (Å²) in [5, 5.41) is 0. The summed E-state index contributed by atoms with van der Waals surface area (Å²) in [5.41, 5.74) is 2.66. The minimum absolute atomic E-state index is 0.887. The third-order valence-corrected chi connectivity index (χ3v) is 3.70. The normalized spacial score (nSPS) is 10.4. The van der Waals surface area contributed by atoms with Crippen LogP contribution in [0.1, 0.15) is 17.5 Å². The van der Waals surface area contributed by atoms with Gasteiger partial charge in [0.15, 0.2) is 0 Å². The zero-order valence-corrected chi connectivity index (χ0v) is 12.6. The van der Waals surface area contributed by atoms with E-state index >= 15 is 0 Å². The lowest BCUT2D eigenvalue weighted by Gasteiger charge is -2.11. The first-order chi connectivity index (χ1) is 10.9. The number of ether oxygens (including phenoxy) is 1. The Morgan fingerprint density at radius 3 is 2.00 bits per heavy atom. The van der Waals surface area contributed by atoms with Crippen LogP contribution in [-0.4, -0.2) is 0 Å². The fourth-order valence-corrected chi connectivity index (χ4v) is 2.55. The molecule has 3 rings (SSSR count). The quantitative estimate of drug-likeness (QED) is 0.569. The van der Waals surface area contributed by atoms with Crippen LogP contribution in [0.3, 0.4) is 0 Å². The average Bonchev–Trinajstić information content (AvgIpc) is 2.58. The Kier molecular flexibility index (Phi) is 4.88. The van der Waals surface area contributed by atoms with Gasteiger partial charge < -0.3 is 4.74 Å². The maximum Gasteiger partial charge on any atom is 0.130 e. The molecule has 0 amide bonds. The lowest BCUT2D eigenvalue weighted by atomic mass is 10.0. The van der Waals surface area contributed by atoms with Crippen LogP contribution in [0.5, 0.6) is 11.5 Å². The van der Waals surface area contributed by atoms with Crippen molar-refractivity contribution < 1.29 is 4.74 Å². The molecule has 0 radical (unpaired) electrons. The van der Waals surface area contributed by atoms with E-state index in [1.54, 1.807) is 0 Å². The fraction of sp³-hybridized carbons (Fsp3) is 0.143. The number of hydrogen-bond donors (Lipinski definition) is 0. The van der Waals surface area contributed by atoms with Crippen molar-refractivity contribution in [1.82, 2.24) is 0 Å². The van der Waals surface area contributed by atoms with E-state index in [9.17, 15) is 0 Å². The van der Waals surface area contributed by atoms with Crippen molar-refractivity contribution in [3.05, 3.63) is 96.1 Å². The van der Waals surface area contributed by atoms with Crippen molar-refractivity contribution >= 4 is 0 Å². The molecule has 0 bridgehead atoms. The Morgan fingerprint density at radius 2 is 1.23 bits per heavy atom. The Balaban J connectivity index is 1.64. The molecular weight excluding hydrogens is 268 g/mol. The van der Waals surface area contributed by atoms with Gasteiger partial charge in [0.2, 0.25) is 0 Å². The summed E-state index contributed by atoms with van der Waals surface area (Å²) in [4.78, 5) is 0. The minimum Gasteiger partial charge on any atom is -0.457 e. The van der Waals surface area contributed by atoms with Gasteiger partial charge in [-0.1, -0.05) is 66.7 Å². The maximum absolute atomic E-state index is 6.01. The molecule has 110 valence electrons. The van der Waals surface area contributed by atoms with Crippen LogP contribution in [0, 0.1) is 0 Å². The van der Waals surface area contributed by atoms with Gasteiger partial charge in [0.25, 0.3) is 0 Å². The van der Waals surface area contributed by atoms with Crippen molar-refractivity contribution in [3.8, 4) is 11.5 Å². The summed E-state index contributed by atoms with van der Waals surface area (Å²) in [6, 6.07) is 28.9. The molecular formula is C21H20O. The van der Waals surface area contributed by atoms with Gasteiger partial charge in [0.05, 0.1) is 0 Å². The van der Waals surface area contributed by atoms with E-state index in [2.05, 4.69) is 42.5 Å². The number of para-hydroxylation sites is 2. The van der Waals surface area contributed by atoms with Crippen molar-refractivity contribution in [2.45, 2.75) is 19.3 Å². The van der Waals surface area contributed by atoms with Crippen LogP contribution in [-0.2, 0) is 12.8 Å². The van der Waals surface area contributed by atoms with E-state index in [-0.39, 0.29) is 0 Å². The van der Waals surface area contributed by atoms with Gasteiger partial charge in [0, 0.05) is 0 Å². The first-order valence-corrected chi connectivity index (χ1v) is 7.76. The van der Waals surface area contributed by atoms with E-state index < -0.39 is 0 Å². The highest BCUT2D eigenvalue weighted by Crippen LogP contribution is 2.26. The van der Waals surface area contributed by atoms with E-state index in [0.717, 1.165) is 30.8 Å². The molecule has 0 spiro atoms. The van der Waals surface area contributed by atoms with Gasteiger partial charge in [-0.15, -0.1) is 0 Å². The minimum atomic E-state index is 0.887. The van der Waals surface area contributed by atoms with Gasteiger partial charge in [-0.3, -0.25) is 0 Å². The summed E-state index contributed by atoms with van der Waals surface area (Å²) in [5.74, 6) is 1.85.